The van der Waals surface area contributed by atoms with Crippen LogP contribution in [0.4, 0.5) is 4.39 Å². The number of alkyl halides is 1. The van der Waals surface area contributed by atoms with Crippen molar-refractivity contribution < 1.29 is 4.39 Å². The lowest BCUT2D eigenvalue weighted by Crippen LogP contribution is -2.45. The highest BCUT2D eigenvalue weighted by atomic mass is 19.1. The van der Waals surface area contributed by atoms with Crippen LogP contribution < -0.4 is 5.73 Å². The van der Waals surface area contributed by atoms with Gasteiger partial charge in [0.2, 0.25) is 0 Å². The SMILES string of the molecule is NCC1Cc2ccccc2CN1CCF. The lowest BCUT2D eigenvalue weighted by atomic mass is 9.94. The lowest BCUT2D eigenvalue weighted by Gasteiger charge is -2.35. The normalized spacial score (nSPS) is 21.3. The van der Waals surface area contributed by atoms with E-state index in [-0.39, 0.29) is 6.67 Å². The fraction of sp³-hybridized carbons (Fsp3) is 0.500. The largest absolute Gasteiger partial charge is 0.329 e. The van der Waals surface area contributed by atoms with Crippen molar-refractivity contribution >= 4 is 0 Å². The topological polar surface area (TPSA) is 29.3 Å². The first kappa shape index (κ1) is 10.6. The van der Waals surface area contributed by atoms with Crippen molar-refractivity contribution in [3.8, 4) is 0 Å². The minimum Gasteiger partial charge on any atom is -0.329 e. The average molecular weight is 208 g/mol. The second-order valence-corrected chi connectivity index (χ2v) is 4.02. The third-order valence-corrected chi connectivity index (χ3v) is 3.11. The van der Waals surface area contributed by atoms with Gasteiger partial charge in [0, 0.05) is 25.7 Å². The van der Waals surface area contributed by atoms with Gasteiger partial charge in [-0.1, -0.05) is 24.3 Å². The van der Waals surface area contributed by atoms with E-state index in [1.807, 2.05) is 6.07 Å². The highest BCUT2D eigenvalue weighted by Crippen LogP contribution is 2.22. The van der Waals surface area contributed by atoms with E-state index >= 15 is 0 Å². The highest BCUT2D eigenvalue weighted by molar-refractivity contribution is 5.30. The molecule has 1 aromatic carbocycles. The summed E-state index contributed by atoms with van der Waals surface area (Å²) in [5.41, 5.74) is 8.40. The number of nitrogens with two attached hydrogens (primary N) is 1. The number of nitrogens with zero attached hydrogens (tertiary/aromatic N) is 1. The zero-order valence-electron chi connectivity index (χ0n) is 8.82. The fourth-order valence-electron chi connectivity index (χ4n) is 2.24. The van der Waals surface area contributed by atoms with Crippen molar-refractivity contribution in [2.24, 2.45) is 5.73 Å². The Morgan fingerprint density at radius 1 is 1.33 bits per heavy atom. The van der Waals surface area contributed by atoms with Gasteiger partial charge in [-0.05, 0) is 17.5 Å². The van der Waals surface area contributed by atoms with Crippen molar-refractivity contribution in [1.82, 2.24) is 4.90 Å². The molecule has 0 amide bonds. The minimum atomic E-state index is -0.293. The van der Waals surface area contributed by atoms with Crippen LogP contribution in [-0.4, -0.2) is 30.7 Å². The Hall–Kier alpha value is -0.930. The van der Waals surface area contributed by atoms with Crippen molar-refractivity contribution in [2.45, 2.75) is 19.0 Å². The zero-order valence-corrected chi connectivity index (χ0v) is 8.82. The van der Waals surface area contributed by atoms with Gasteiger partial charge in [0.1, 0.15) is 6.67 Å². The maximum atomic E-state index is 12.4. The summed E-state index contributed by atoms with van der Waals surface area (Å²) < 4.78 is 12.4. The van der Waals surface area contributed by atoms with E-state index in [4.69, 9.17) is 5.73 Å². The van der Waals surface area contributed by atoms with Gasteiger partial charge in [-0.3, -0.25) is 4.90 Å². The summed E-state index contributed by atoms with van der Waals surface area (Å²) in [6, 6.07) is 8.65. The van der Waals surface area contributed by atoms with Crippen LogP contribution in [0.3, 0.4) is 0 Å². The molecule has 0 bridgehead atoms. The van der Waals surface area contributed by atoms with Crippen LogP contribution in [0, 0.1) is 0 Å². The van der Waals surface area contributed by atoms with E-state index in [0.29, 0.717) is 19.1 Å². The van der Waals surface area contributed by atoms with Crippen molar-refractivity contribution in [3.05, 3.63) is 35.4 Å². The molecular weight excluding hydrogens is 191 g/mol. The van der Waals surface area contributed by atoms with Gasteiger partial charge in [-0.2, -0.15) is 0 Å². The Bertz CT molecular complexity index is 327. The molecule has 3 heteroatoms. The zero-order chi connectivity index (χ0) is 10.7. The molecule has 1 unspecified atom stereocenters. The number of halogens is 1. The van der Waals surface area contributed by atoms with Crippen molar-refractivity contribution in [2.75, 3.05) is 19.8 Å². The second kappa shape index (κ2) is 4.73. The molecule has 82 valence electrons. The van der Waals surface area contributed by atoms with Crippen LogP contribution in [0.1, 0.15) is 11.1 Å². The average Bonchev–Trinajstić information content (AvgIpc) is 2.28. The summed E-state index contributed by atoms with van der Waals surface area (Å²) >= 11 is 0. The van der Waals surface area contributed by atoms with E-state index in [0.717, 1.165) is 13.0 Å². The first-order chi connectivity index (χ1) is 7.35. The quantitative estimate of drug-likeness (QED) is 0.812. The van der Waals surface area contributed by atoms with Gasteiger partial charge in [-0.25, -0.2) is 4.39 Å². The molecule has 0 spiro atoms. The van der Waals surface area contributed by atoms with Gasteiger partial charge in [-0.15, -0.1) is 0 Å². The maximum absolute atomic E-state index is 12.4. The van der Waals surface area contributed by atoms with Crippen LogP contribution >= 0.6 is 0 Å². The summed E-state index contributed by atoms with van der Waals surface area (Å²) in [6.07, 6.45) is 0.951. The van der Waals surface area contributed by atoms with Crippen LogP contribution in [0.5, 0.6) is 0 Å². The van der Waals surface area contributed by atoms with E-state index < -0.39 is 0 Å². The molecule has 0 fully saturated rings. The fourth-order valence-corrected chi connectivity index (χ4v) is 2.24. The first-order valence-corrected chi connectivity index (χ1v) is 5.42. The number of hydrogen-bond acceptors (Lipinski definition) is 2. The molecule has 2 rings (SSSR count). The van der Waals surface area contributed by atoms with Crippen LogP contribution in [0.2, 0.25) is 0 Å². The molecule has 0 saturated carbocycles. The summed E-state index contributed by atoms with van der Waals surface area (Å²) in [5.74, 6) is 0. The number of fused-ring (bicyclic) bond motifs is 1. The van der Waals surface area contributed by atoms with Gasteiger partial charge in [0.15, 0.2) is 0 Å². The van der Waals surface area contributed by atoms with Gasteiger partial charge in [0.25, 0.3) is 0 Å². The van der Waals surface area contributed by atoms with Crippen LogP contribution in [0.25, 0.3) is 0 Å². The van der Waals surface area contributed by atoms with Crippen LogP contribution in [0.15, 0.2) is 24.3 Å². The molecule has 2 nitrogen and oxygen atoms in total. The molecule has 1 heterocycles. The number of hydrogen-bond donors (Lipinski definition) is 1. The van der Waals surface area contributed by atoms with Crippen molar-refractivity contribution in [1.29, 1.82) is 0 Å². The van der Waals surface area contributed by atoms with Gasteiger partial charge >= 0.3 is 0 Å². The Kier molecular flexibility index (Phi) is 3.34. The molecule has 15 heavy (non-hydrogen) atoms. The molecule has 1 atom stereocenters. The first-order valence-electron chi connectivity index (χ1n) is 5.42. The number of benzene rings is 1. The molecule has 0 aromatic heterocycles. The minimum absolute atomic E-state index is 0.293. The number of rotatable bonds is 3. The predicted molar refractivity (Wildman–Crippen MR) is 59.4 cm³/mol. The third kappa shape index (κ3) is 2.19. The van der Waals surface area contributed by atoms with Gasteiger partial charge < -0.3 is 5.73 Å². The van der Waals surface area contributed by atoms with Gasteiger partial charge in [0.05, 0.1) is 0 Å². The Morgan fingerprint density at radius 2 is 2.07 bits per heavy atom. The second-order valence-electron chi connectivity index (χ2n) is 4.02. The predicted octanol–water partition coefficient (Wildman–Crippen LogP) is 1.34. The smallest absolute Gasteiger partial charge is 0.102 e. The maximum Gasteiger partial charge on any atom is 0.102 e. The Labute approximate surface area is 89.9 Å². The lowest BCUT2D eigenvalue weighted by molar-refractivity contribution is 0.162. The standard InChI is InChI=1S/C12H17FN2/c13-5-6-15-9-11-4-2-1-3-10(11)7-12(15)8-14/h1-4,12H,5-9,14H2. The Balaban J connectivity index is 2.19. The summed E-state index contributed by atoms with van der Waals surface area (Å²) in [7, 11) is 0. The van der Waals surface area contributed by atoms with E-state index in [2.05, 4.69) is 23.1 Å². The molecule has 1 aliphatic rings. The Morgan fingerprint density at radius 3 is 2.73 bits per heavy atom. The molecule has 0 saturated heterocycles. The van der Waals surface area contributed by atoms with E-state index in [1.54, 1.807) is 0 Å². The van der Waals surface area contributed by atoms with Crippen LogP contribution in [-0.2, 0) is 13.0 Å². The molecule has 1 aromatic rings. The molecule has 2 N–H and O–H groups in total. The van der Waals surface area contributed by atoms with Crippen molar-refractivity contribution in [3.63, 3.8) is 0 Å². The molecule has 1 aliphatic heterocycles. The van der Waals surface area contributed by atoms with E-state index in [1.165, 1.54) is 11.1 Å². The summed E-state index contributed by atoms with van der Waals surface area (Å²) in [4.78, 5) is 2.14. The molecular formula is C12H17FN2. The van der Waals surface area contributed by atoms with E-state index in [9.17, 15) is 4.39 Å². The molecule has 0 aliphatic carbocycles. The third-order valence-electron chi connectivity index (χ3n) is 3.11. The molecule has 0 radical (unpaired) electrons. The summed E-state index contributed by atoms with van der Waals surface area (Å²) in [5, 5.41) is 0. The summed E-state index contributed by atoms with van der Waals surface area (Å²) in [6.45, 7) is 1.64. The monoisotopic (exact) mass is 208 g/mol. The highest BCUT2D eigenvalue weighted by Gasteiger charge is 2.24.